The maximum Gasteiger partial charge on any atom is 0.256 e. The van der Waals surface area contributed by atoms with Gasteiger partial charge >= 0.3 is 0 Å². The third-order valence-corrected chi connectivity index (χ3v) is 4.23. The Morgan fingerprint density at radius 3 is 2.77 bits per heavy atom. The summed E-state index contributed by atoms with van der Waals surface area (Å²) >= 11 is 6.21. The zero-order chi connectivity index (χ0) is 15.7. The molecule has 0 aliphatic carbocycles. The van der Waals surface area contributed by atoms with Gasteiger partial charge in [-0.15, -0.1) is 0 Å². The number of benzene rings is 1. The number of rotatable bonds is 2. The number of H-pyrrole nitrogens is 1. The summed E-state index contributed by atoms with van der Waals surface area (Å²) in [6.07, 6.45) is 1.44. The number of aromatic amines is 1. The van der Waals surface area contributed by atoms with Crippen molar-refractivity contribution in [2.24, 2.45) is 5.92 Å². The molecule has 1 aromatic heterocycles. The number of ether oxygens (including phenoxy) is 1. The standard InChI is InChI=1S/C16H17ClN2O3/c1-9-6-11-7-14(13(17)8-12(11)16(21)18-9)19-15(20)10-2-4-22-5-3-10/h6-8,10H,2-5H2,1H3,(H,18,21)(H,19,20). The van der Waals surface area contributed by atoms with Crippen LogP contribution >= 0.6 is 11.6 Å². The van der Waals surface area contributed by atoms with E-state index in [4.69, 9.17) is 16.3 Å². The van der Waals surface area contributed by atoms with Gasteiger partial charge in [-0.3, -0.25) is 9.59 Å². The van der Waals surface area contributed by atoms with Gasteiger partial charge in [-0.1, -0.05) is 11.6 Å². The van der Waals surface area contributed by atoms with Crippen molar-refractivity contribution in [2.45, 2.75) is 19.8 Å². The lowest BCUT2D eigenvalue weighted by atomic mass is 9.99. The highest BCUT2D eigenvalue weighted by Gasteiger charge is 2.22. The summed E-state index contributed by atoms with van der Waals surface area (Å²) < 4.78 is 5.26. The van der Waals surface area contributed by atoms with Crippen LogP contribution in [0.25, 0.3) is 10.8 Å². The Labute approximate surface area is 132 Å². The van der Waals surface area contributed by atoms with E-state index < -0.39 is 0 Å². The molecule has 2 aromatic rings. The lowest BCUT2D eigenvalue weighted by molar-refractivity contribution is -0.122. The van der Waals surface area contributed by atoms with Gasteiger partial charge in [0.05, 0.1) is 10.7 Å². The first-order valence-electron chi connectivity index (χ1n) is 7.26. The van der Waals surface area contributed by atoms with Crippen LogP contribution in [0.5, 0.6) is 0 Å². The quantitative estimate of drug-likeness (QED) is 0.893. The van der Waals surface area contributed by atoms with E-state index in [1.165, 1.54) is 0 Å². The molecule has 5 nitrogen and oxygen atoms in total. The van der Waals surface area contributed by atoms with Crippen LogP contribution in [0.15, 0.2) is 23.0 Å². The van der Waals surface area contributed by atoms with Crippen molar-refractivity contribution in [3.8, 4) is 0 Å². The van der Waals surface area contributed by atoms with Crippen molar-refractivity contribution >= 4 is 34.0 Å². The van der Waals surface area contributed by atoms with Crippen molar-refractivity contribution < 1.29 is 9.53 Å². The van der Waals surface area contributed by atoms with E-state index in [0.29, 0.717) is 29.3 Å². The number of nitrogens with one attached hydrogen (secondary N) is 2. The summed E-state index contributed by atoms with van der Waals surface area (Å²) in [5.74, 6) is -0.104. The second-order valence-electron chi connectivity index (χ2n) is 5.58. The average Bonchev–Trinajstić information content (AvgIpc) is 2.50. The molecule has 1 fully saturated rings. The Morgan fingerprint density at radius 2 is 2.05 bits per heavy atom. The molecule has 22 heavy (non-hydrogen) atoms. The van der Waals surface area contributed by atoms with Crippen LogP contribution in [-0.4, -0.2) is 24.1 Å². The lowest BCUT2D eigenvalue weighted by Crippen LogP contribution is -2.28. The number of fused-ring (bicyclic) bond motifs is 1. The van der Waals surface area contributed by atoms with Crippen molar-refractivity contribution in [3.05, 3.63) is 39.3 Å². The van der Waals surface area contributed by atoms with Crippen molar-refractivity contribution in [1.82, 2.24) is 4.98 Å². The number of amides is 1. The van der Waals surface area contributed by atoms with Crippen molar-refractivity contribution in [2.75, 3.05) is 18.5 Å². The largest absolute Gasteiger partial charge is 0.381 e. The molecule has 0 saturated carbocycles. The number of hydrogen-bond donors (Lipinski definition) is 2. The highest BCUT2D eigenvalue weighted by molar-refractivity contribution is 6.34. The van der Waals surface area contributed by atoms with Gasteiger partial charge in [0.2, 0.25) is 5.91 Å². The number of aromatic nitrogens is 1. The molecular weight excluding hydrogens is 304 g/mol. The SMILES string of the molecule is Cc1cc2cc(NC(=O)C3CCOCC3)c(Cl)cc2c(=O)[nH]1. The predicted octanol–water partition coefficient (Wildman–Crippen LogP) is 2.86. The Morgan fingerprint density at radius 1 is 1.32 bits per heavy atom. The Hall–Kier alpha value is -1.85. The maximum absolute atomic E-state index is 12.3. The molecule has 0 atom stereocenters. The van der Waals surface area contributed by atoms with Gasteiger partial charge < -0.3 is 15.0 Å². The molecule has 1 aromatic carbocycles. The fourth-order valence-corrected chi connectivity index (χ4v) is 2.92. The van der Waals surface area contributed by atoms with E-state index in [0.717, 1.165) is 23.9 Å². The van der Waals surface area contributed by atoms with Crippen LogP contribution in [-0.2, 0) is 9.53 Å². The van der Waals surface area contributed by atoms with E-state index in [1.807, 2.05) is 13.0 Å². The summed E-state index contributed by atoms with van der Waals surface area (Å²) in [7, 11) is 0. The fraction of sp³-hybridized carbons (Fsp3) is 0.375. The third-order valence-electron chi connectivity index (χ3n) is 3.92. The van der Waals surface area contributed by atoms with Gasteiger partial charge in [0, 0.05) is 30.2 Å². The Bertz CT molecular complexity index is 779. The molecular formula is C16H17ClN2O3. The van der Waals surface area contributed by atoms with Gasteiger partial charge in [0.15, 0.2) is 0 Å². The first kappa shape index (κ1) is 15.1. The molecule has 2 heterocycles. The summed E-state index contributed by atoms with van der Waals surface area (Å²) in [5, 5.41) is 4.51. The molecule has 116 valence electrons. The maximum atomic E-state index is 12.3. The summed E-state index contributed by atoms with van der Waals surface area (Å²) in [6, 6.07) is 5.20. The number of halogens is 1. The molecule has 1 aliphatic heterocycles. The van der Waals surface area contributed by atoms with E-state index >= 15 is 0 Å². The minimum absolute atomic E-state index is 0.0499. The minimum atomic E-state index is -0.181. The van der Waals surface area contributed by atoms with Crippen molar-refractivity contribution in [1.29, 1.82) is 0 Å². The van der Waals surface area contributed by atoms with Gasteiger partial charge in [-0.25, -0.2) is 0 Å². The van der Waals surface area contributed by atoms with Crippen LogP contribution in [0.4, 0.5) is 5.69 Å². The molecule has 6 heteroatoms. The minimum Gasteiger partial charge on any atom is -0.381 e. The van der Waals surface area contributed by atoms with Crippen LogP contribution in [0.2, 0.25) is 5.02 Å². The van der Waals surface area contributed by atoms with E-state index in [9.17, 15) is 9.59 Å². The predicted molar refractivity (Wildman–Crippen MR) is 86.5 cm³/mol. The van der Waals surface area contributed by atoms with E-state index in [2.05, 4.69) is 10.3 Å². The number of carbonyl (C=O) groups excluding carboxylic acids is 1. The molecule has 0 spiro atoms. The smallest absolute Gasteiger partial charge is 0.256 e. The number of pyridine rings is 1. The first-order chi connectivity index (χ1) is 10.5. The van der Waals surface area contributed by atoms with Gasteiger partial charge in [0.1, 0.15) is 0 Å². The molecule has 1 amide bonds. The molecule has 0 radical (unpaired) electrons. The number of carbonyl (C=O) groups is 1. The van der Waals surface area contributed by atoms with E-state index in [-0.39, 0.29) is 17.4 Å². The molecule has 0 bridgehead atoms. The summed E-state index contributed by atoms with van der Waals surface area (Å²) in [5.41, 5.74) is 1.12. The van der Waals surface area contributed by atoms with Crippen molar-refractivity contribution in [3.63, 3.8) is 0 Å². The molecule has 0 unspecified atom stereocenters. The van der Waals surface area contributed by atoms with Crippen LogP contribution in [0.1, 0.15) is 18.5 Å². The topological polar surface area (TPSA) is 71.2 Å². The average molecular weight is 321 g/mol. The number of hydrogen-bond acceptors (Lipinski definition) is 3. The van der Waals surface area contributed by atoms with Crippen LogP contribution in [0, 0.1) is 12.8 Å². The molecule has 1 aliphatic rings. The second-order valence-corrected chi connectivity index (χ2v) is 5.98. The first-order valence-corrected chi connectivity index (χ1v) is 7.64. The Balaban J connectivity index is 1.91. The summed E-state index contributed by atoms with van der Waals surface area (Å²) in [6.45, 7) is 3.03. The van der Waals surface area contributed by atoms with E-state index in [1.54, 1.807) is 12.1 Å². The number of anilines is 1. The zero-order valence-electron chi connectivity index (χ0n) is 12.2. The highest BCUT2D eigenvalue weighted by Crippen LogP contribution is 2.28. The van der Waals surface area contributed by atoms with Crippen LogP contribution < -0.4 is 10.9 Å². The normalized spacial score (nSPS) is 15.9. The summed E-state index contributed by atoms with van der Waals surface area (Å²) in [4.78, 5) is 27.0. The monoisotopic (exact) mass is 320 g/mol. The highest BCUT2D eigenvalue weighted by atomic mass is 35.5. The second kappa shape index (κ2) is 6.10. The molecule has 3 rings (SSSR count). The Kier molecular flexibility index (Phi) is 4.18. The lowest BCUT2D eigenvalue weighted by Gasteiger charge is -2.21. The van der Waals surface area contributed by atoms with Crippen LogP contribution in [0.3, 0.4) is 0 Å². The van der Waals surface area contributed by atoms with Gasteiger partial charge in [-0.2, -0.15) is 0 Å². The fourth-order valence-electron chi connectivity index (χ4n) is 2.71. The molecule has 2 N–H and O–H groups in total. The zero-order valence-corrected chi connectivity index (χ0v) is 13.0. The third kappa shape index (κ3) is 3.00. The van der Waals surface area contributed by atoms with Gasteiger partial charge in [-0.05, 0) is 43.4 Å². The van der Waals surface area contributed by atoms with Gasteiger partial charge in [0.25, 0.3) is 5.56 Å². The molecule has 1 saturated heterocycles. The number of aryl methyl sites for hydroxylation is 1.